The Labute approximate surface area is 145 Å². The number of hydrogen-bond acceptors (Lipinski definition) is 5. The van der Waals surface area contributed by atoms with E-state index in [1.807, 2.05) is 47.0 Å². The Hall–Kier alpha value is -2.08. The highest BCUT2D eigenvalue weighted by Gasteiger charge is 2.23. The molecule has 6 heteroatoms. The molecular weight excluding hydrogens is 326 g/mol. The van der Waals surface area contributed by atoms with Crippen LogP contribution in [0.25, 0.3) is 0 Å². The minimum Gasteiger partial charge on any atom is -0.493 e. The van der Waals surface area contributed by atoms with Crippen LogP contribution in [0, 0.1) is 0 Å². The summed E-state index contributed by atoms with van der Waals surface area (Å²) in [6.07, 6.45) is 2.59. The molecule has 3 rings (SSSR count). The number of amides is 1. The van der Waals surface area contributed by atoms with Crippen LogP contribution in [-0.4, -0.2) is 43.4 Å². The summed E-state index contributed by atoms with van der Waals surface area (Å²) in [5.74, 6) is 3.10. The molecule has 5 nitrogen and oxygen atoms in total. The molecule has 1 fully saturated rings. The highest BCUT2D eigenvalue weighted by molar-refractivity contribution is 7.99. The molecule has 1 atom stereocenters. The van der Waals surface area contributed by atoms with E-state index in [0.29, 0.717) is 23.3 Å². The number of para-hydroxylation sites is 2. The van der Waals surface area contributed by atoms with Gasteiger partial charge in [-0.25, -0.2) is 0 Å². The molecule has 1 aromatic carbocycles. The van der Waals surface area contributed by atoms with Crippen LogP contribution in [0.15, 0.2) is 47.1 Å². The third-order valence-electron chi connectivity index (χ3n) is 3.97. The largest absolute Gasteiger partial charge is 0.493 e. The summed E-state index contributed by atoms with van der Waals surface area (Å²) >= 11 is 1.84. The molecular formula is C18H21NO4S. The van der Waals surface area contributed by atoms with Crippen LogP contribution in [0.3, 0.4) is 0 Å². The lowest BCUT2D eigenvalue weighted by atomic mass is 10.2. The third kappa shape index (κ3) is 4.06. The summed E-state index contributed by atoms with van der Waals surface area (Å²) in [6.45, 7) is 1.47. The fourth-order valence-electron chi connectivity index (χ4n) is 2.69. The predicted molar refractivity (Wildman–Crippen MR) is 93.6 cm³/mol. The first-order chi connectivity index (χ1) is 11.8. The fourth-order valence-corrected chi connectivity index (χ4v) is 3.87. The average molecular weight is 347 g/mol. The van der Waals surface area contributed by atoms with Crippen molar-refractivity contribution in [3.63, 3.8) is 0 Å². The van der Waals surface area contributed by atoms with E-state index in [9.17, 15) is 4.79 Å². The van der Waals surface area contributed by atoms with Gasteiger partial charge in [-0.1, -0.05) is 12.1 Å². The van der Waals surface area contributed by atoms with Crippen molar-refractivity contribution in [2.24, 2.45) is 0 Å². The third-order valence-corrected chi connectivity index (χ3v) is 5.26. The summed E-state index contributed by atoms with van der Waals surface area (Å²) in [6, 6.07) is 11.3. The number of carbonyl (C=O) groups excluding carboxylic acids is 1. The number of benzene rings is 1. The fraction of sp³-hybridized carbons (Fsp3) is 0.389. The van der Waals surface area contributed by atoms with E-state index < -0.39 is 0 Å². The Morgan fingerprint density at radius 2 is 2.08 bits per heavy atom. The Bertz CT molecular complexity index is 659. The van der Waals surface area contributed by atoms with Crippen molar-refractivity contribution in [2.75, 3.05) is 32.6 Å². The molecule has 128 valence electrons. The zero-order valence-electron chi connectivity index (χ0n) is 13.6. The van der Waals surface area contributed by atoms with Crippen molar-refractivity contribution in [1.29, 1.82) is 0 Å². The Kier molecular flexibility index (Phi) is 5.69. The van der Waals surface area contributed by atoms with Crippen molar-refractivity contribution < 1.29 is 18.7 Å². The molecule has 1 aliphatic heterocycles. The maximum Gasteiger partial charge on any atom is 0.260 e. The molecule has 1 saturated heterocycles. The van der Waals surface area contributed by atoms with E-state index in [1.165, 1.54) is 0 Å². The summed E-state index contributed by atoms with van der Waals surface area (Å²) in [5, 5.41) is 0.313. The first-order valence-corrected chi connectivity index (χ1v) is 9.01. The molecule has 1 aliphatic rings. The zero-order chi connectivity index (χ0) is 16.8. The molecule has 0 unspecified atom stereocenters. The van der Waals surface area contributed by atoms with E-state index in [-0.39, 0.29) is 12.5 Å². The molecule has 0 N–H and O–H groups in total. The molecule has 1 amide bonds. The van der Waals surface area contributed by atoms with Crippen LogP contribution in [0.2, 0.25) is 0 Å². The number of methoxy groups -OCH3 is 1. The zero-order valence-corrected chi connectivity index (χ0v) is 14.5. The highest BCUT2D eigenvalue weighted by atomic mass is 32.2. The Morgan fingerprint density at radius 1 is 1.25 bits per heavy atom. The van der Waals surface area contributed by atoms with Crippen LogP contribution >= 0.6 is 11.8 Å². The smallest absolute Gasteiger partial charge is 0.260 e. The van der Waals surface area contributed by atoms with Gasteiger partial charge in [-0.3, -0.25) is 4.79 Å². The lowest BCUT2D eigenvalue weighted by molar-refractivity contribution is -0.133. The summed E-state index contributed by atoms with van der Waals surface area (Å²) in [7, 11) is 1.59. The second-order valence-corrected chi connectivity index (χ2v) is 6.79. The van der Waals surface area contributed by atoms with Gasteiger partial charge >= 0.3 is 0 Å². The van der Waals surface area contributed by atoms with Crippen molar-refractivity contribution in [1.82, 2.24) is 4.90 Å². The minimum atomic E-state index is 0.00148. The number of carbonyl (C=O) groups is 1. The number of furan rings is 1. The van der Waals surface area contributed by atoms with Gasteiger partial charge < -0.3 is 18.8 Å². The van der Waals surface area contributed by atoms with Gasteiger partial charge in [0.05, 0.1) is 18.6 Å². The highest BCUT2D eigenvalue weighted by Crippen LogP contribution is 2.34. The van der Waals surface area contributed by atoms with Gasteiger partial charge in [0, 0.05) is 18.8 Å². The second-order valence-electron chi connectivity index (χ2n) is 5.48. The molecule has 0 saturated carbocycles. The standard InChI is InChI=1S/C18H21NO4S/c1-21-14-5-2-3-6-15(14)23-13-18(20)19-9-8-17(24-12-10-19)16-7-4-11-22-16/h2-7,11,17H,8-10,12-13H2,1H3/t17-/m0/s1. The van der Waals surface area contributed by atoms with Crippen molar-refractivity contribution in [3.8, 4) is 11.5 Å². The van der Waals surface area contributed by atoms with Crippen LogP contribution < -0.4 is 9.47 Å². The van der Waals surface area contributed by atoms with Crippen LogP contribution in [0.1, 0.15) is 17.4 Å². The lowest BCUT2D eigenvalue weighted by Gasteiger charge is -2.20. The van der Waals surface area contributed by atoms with Crippen LogP contribution in [0.5, 0.6) is 11.5 Å². The minimum absolute atomic E-state index is 0.00148. The van der Waals surface area contributed by atoms with Gasteiger partial charge in [0.1, 0.15) is 5.76 Å². The number of rotatable bonds is 5. The normalized spacial score (nSPS) is 18.0. The molecule has 0 radical (unpaired) electrons. The van der Waals surface area contributed by atoms with Gasteiger partial charge in [-0.05, 0) is 30.7 Å². The SMILES string of the molecule is COc1ccccc1OCC(=O)N1CCS[C@H](c2ccco2)CC1. The first kappa shape index (κ1) is 16.8. The van der Waals surface area contributed by atoms with Gasteiger partial charge in [-0.15, -0.1) is 11.8 Å². The quantitative estimate of drug-likeness (QED) is 0.830. The summed E-state index contributed by atoms with van der Waals surface area (Å²) in [5.41, 5.74) is 0. The molecule has 1 aromatic heterocycles. The molecule has 24 heavy (non-hydrogen) atoms. The maximum atomic E-state index is 12.4. The number of ether oxygens (including phenoxy) is 2. The Balaban J connectivity index is 1.54. The summed E-state index contributed by atoms with van der Waals surface area (Å²) in [4.78, 5) is 14.3. The maximum absolute atomic E-state index is 12.4. The molecule has 0 spiro atoms. The number of nitrogens with zero attached hydrogens (tertiary/aromatic N) is 1. The van der Waals surface area contributed by atoms with E-state index in [2.05, 4.69) is 0 Å². The molecule has 2 aromatic rings. The van der Waals surface area contributed by atoms with E-state index in [4.69, 9.17) is 13.9 Å². The second kappa shape index (κ2) is 8.15. The average Bonchev–Trinajstić information content (AvgIpc) is 3.04. The van der Waals surface area contributed by atoms with E-state index in [1.54, 1.807) is 19.4 Å². The van der Waals surface area contributed by atoms with Crippen molar-refractivity contribution in [2.45, 2.75) is 11.7 Å². The van der Waals surface area contributed by atoms with E-state index in [0.717, 1.165) is 24.5 Å². The van der Waals surface area contributed by atoms with Gasteiger partial charge in [-0.2, -0.15) is 0 Å². The van der Waals surface area contributed by atoms with Gasteiger partial charge in [0.25, 0.3) is 5.91 Å². The van der Waals surface area contributed by atoms with Gasteiger partial charge in [0.15, 0.2) is 18.1 Å². The lowest BCUT2D eigenvalue weighted by Crippen LogP contribution is -2.36. The van der Waals surface area contributed by atoms with Crippen LogP contribution in [-0.2, 0) is 4.79 Å². The topological polar surface area (TPSA) is 51.9 Å². The first-order valence-electron chi connectivity index (χ1n) is 7.96. The Morgan fingerprint density at radius 3 is 2.83 bits per heavy atom. The van der Waals surface area contributed by atoms with Gasteiger partial charge in [0.2, 0.25) is 0 Å². The van der Waals surface area contributed by atoms with Crippen molar-refractivity contribution >= 4 is 17.7 Å². The summed E-state index contributed by atoms with van der Waals surface area (Å²) < 4.78 is 16.4. The predicted octanol–water partition coefficient (Wildman–Crippen LogP) is 3.37. The monoisotopic (exact) mass is 347 g/mol. The molecule has 0 aliphatic carbocycles. The molecule has 2 heterocycles. The van der Waals surface area contributed by atoms with E-state index >= 15 is 0 Å². The molecule has 0 bridgehead atoms. The number of thioether (sulfide) groups is 1. The van der Waals surface area contributed by atoms with Crippen LogP contribution in [0.4, 0.5) is 0 Å². The number of hydrogen-bond donors (Lipinski definition) is 0. The van der Waals surface area contributed by atoms with Crippen molar-refractivity contribution in [3.05, 3.63) is 48.4 Å².